The summed E-state index contributed by atoms with van der Waals surface area (Å²) in [5, 5.41) is 14.4. The Bertz CT molecular complexity index is 1400. The number of hydroxylamine groups is 4. The van der Waals surface area contributed by atoms with Crippen LogP contribution in [0.2, 0.25) is 0 Å². The second kappa shape index (κ2) is 15.3. The SMILES string of the molecule is CC(ON1C(C)(C)CCCC1(C)C)c1ccc(COc2cc(CO)cc(OCc3ccc(C(C)ON4C(C)(C)CCCC4(C)C)cc3)c2)cc1. The summed E-state index contributed by atoms with van der Waals surface area (Å²) >= 11 is 0. The first-order chi connectivity index (χ1) is 23.5. The van der Waals surface area contributed by atoms with E-state index in [-0.39, 0.29) is 41.0 Å². The first-order valence-corrected chi connectivity index (χ1v) is 18.6. The molecule has 7 heteroatoms. The molecule has 2 heterocycles. The van der Waals surface area contributed by atoms with Crippen LogP contribution in [0.3, 0.4) is 0 Å². The number of nitrogens with zero attached hydrogens (tertiary/aromatic N) is 2. The summed E-state index contributed by atoms with van der Waals surface area (Å²) in [4.78, 5) is 13.2. The minimum Gasteiger partial charge on any atom is -0.489 e. The van der Waals surface area contributed by atoms with Crippen LogP contribution in [0.1, 0.15) is 148 Å². The molecule has 274 valence electrons. The maximum Gasteiger partial charge on any atom is 0.123 e. The zero-order chi connectivity index (χ0) is 36.3. The fourth-order valence-electron chi connectivity index (χ4n) is 7.95. The third kappa shape index (κ3) is 9.29. The summed E-state index contributed by atoms with van der Waals surface area (Å²) in [6, 6.07) is 22.5. The Morgan fingerprint density at radius 2 is 0.880 bits per heavy atom. The molecule has 3 aromatic rings. The van der Waals surface area contributed by atoms with E-state index in [0.29, 0.717) is 24.7 Å². The number of benzene rings is 3. The average molecular weight is 687 g/mol. The third-order valence-corrected chi connectivity index (χ3v) is 10.7. The van der Waals surface area contributed by atoms with Gasteiger partial charge < -0.3 is 14.6 Å². The lowest BCUT2D eigenvalue weighted by Crippen LogP contribution is -2.58. The number of hydrogen-bond donors (Lipinski definition) is 1. The van der Waals surface area contributed by atoms with Crippen molar-refractivity contribution in [1.29, 1.82) is 0 Å². The van der Waals surface area contributed by atoms with Gasteiger partial charge in [-0.1, -0.05) is 48.5 Å². The Hall–Kier alpha value is -2.94. The molecule has 0 aromatic heterocycles. The van der Waals surface area contributed by atoms with Crippen LogP contribution in [0, 0.1) is 0 Å². The smallest absolute Gasteiger partial charge is 0.123 e. The van der Waals surface area contributed by atoms with Gasteiger partial charge in [0.1, 0.15) is 36.9 Å². The van der Waals surface area contributed by atoms with E-state index in [1.807, 2.05) is 18.2 Å². The van der Waals surface area contributed by atoms with Gasteiger partial charge in [0.2, 0.25) is 0 Å². The molecule has 50 heavy (non-hydrogen) atoms. The van der Waals surface area contributed by atoms with Gasteiger partial charge >= 0.3 is 0 Å². The second-order valence-electron chi connectivity index (χ2n) is 17.1. The summed E-state index contributed by atoms with van der Waals surface area (Å²) in [6.45, 7) is 23.1. The maximum atomic E-state index is 9.94. The molecule has 2 aliphatic heterocycles. The molecule has 2 saturated heterocycles. The molecule has 5 rings (SSSR count). The fraction of sp³-hybridized carbons (Fsp3) is 0.581. The molecule has 2 atom stereocenters. The van der Waals surface area contributed by atoms with Crippen LogP contribution in [0.5, 0.6) is 11.5 Å². The van der Waals surface area contributed by atoms with Crippen molar-refractivity contribution in [2.75, 3.05) is 0 Å². The molecule has 0 radical (unpaired) electrons. The van der Waals surface area contributed by atoms with Gasteiger partial charge in [-0.25, -0.2) is 0 Å². The quantitative estimate of drug-likeness (QED) is 0.192. The van der Waals surface area contributed by atoms with E-state index in [2.05, 4.69) is 128 Å². The standard InChI is InChI=1S/C43H62N2O5/c1-31(49-44-40(3,4)21-11-22-41(44,5)6)36-17-13-33(14-18-36)29-47-38-25-35(28-46)26-39(27-38)48-30-34-15-19-37(20-16-34)32(2)50-45-42(7,8)23-12-24-43(45,9)10/h13-20,25-27,31-32,46H,11-12,21-24,28-30H2,1-10H3. The van der Waals surface area contributed by atoms with Crippen LogP contribution >= 0.6 is 0 Å². The zero-order valence-electron chi connectivity index (χ0n) is 32.3. The van der Waals surface area contributed by atoms with Crippen LogP contribution in [0.25, 0.3) is 0 Å². The molecular formula is C43H62N2O5. The minimum absolute atomic E-state index is 0.00364. The predicted molar refractivity (Wildman–Crippen MR) is 201 cm³/mol. The molecule has 0 saturated carbocycles. The van der Waals surface area contributed by atoms with Gasteiger partial charge in [-0.15, -0.1) is 0 Å². The second-order valence-corrected chi connectivity index (χ2v) is 17.1. The molecule has 1 N–H and O–H groups in total. The topological polar surface area (TPSA) is 63.6 Å². The zero-order valence-corrected chi connectivity index (χ0v) is 32.3. The Morgan fingerprint density at radius 3 is 1.20 bits per heavy atom. The molecule has 0 bridgehead atoms. The molecule has 3 aromatic carbocycles. The summed E-state index contributed by atoms with van der Waals surface area (Å²) in [7, 11) is 0. The van der Waals surface area contributed by atoms with E-state index in [0.717, 1.165) is 53.5 Å². The van der Waals surface area contributed by atoms with E-state index >= 15 is 0 Å². The van der Waals surface area contributed by atoms with Gasteiger partial charge in [0.15, 0.2) is 0 Å². The molecule has 0 amide bonds. The molecule has 2 unspecified atom stereocenters. The lowest BCUT2D eigenvalue weighted by molar-refractivity contribution is -0.304. The molecule has 2 aliphatic rings. The van der Waals surface area contributed by atoms with Crippen LogP contribution in [0.4, 0.5) is 0 Å². The van der Waals surface area contributed by atoms with Crippen LogP contribution < -0.4 is 9.47 Å². The fourth-order valence-corrected chi connectivity index (χ4v) is 7.95. The molecular weight excluding hydrogens is 624 g/mol. The normalized spacial score (nSPS) is 21.3. The van der Waals surface area contributed by atoms with Crippen LogP contribution in [-0.2, 0) is 29.5 Å². The van der Waals surface area contributed by atoms with E-state index < -0.39 is 0 Å². The first-order valence-electron chi connectivity index (χ1n) is 18.6. The number of aliphatic hydroxyl groups excluding tert-OH is 1. The number of aliphatic hydroxyl groups is 1. The number of rotatable bonds is 13. The summed E-state index contributed by atoms with van der Waals surface area (Å²) in [6.07, 6.45) is 6.83. The van der Waals surface area contributed by atoms with Crippen molar-refractivity contribution in [3.8, 4) is 11.5 Å². The Kier molecular flexibility index (Phi) is 11.8. The monoisotopic (exact) mass is 686 g/mol. The number of ether oxygens (including phenoxy) is 2. The summed E-state index contributed by atoms with van der Waals surface area (Å²) in [5.74, 6) is 1.32. The van der Waals surface area contributed by atoms with Crippen molar-refractivity contribution >= 4 is 0 Å². The van der Waals surface area contributed by atoms with Crippen molar-refractivity contribution in [3.63, 3.8) is 0 Å². The van der Waals surface area contributed by atoms with E-state index in [9.17, 15) is 5.11 Å². The Labute approximate surface area is 301 Å². The molecule has 7 nitrogen and oxygen atoms in total. The van der Waals surface area contributed by atoms with Crippen molar-refractivity contribution in [2.45, 2.75) is 162 Å². The maximum absolute atomic E-state index is 9.94. The average Bonchev–Trinajstić information content (AvgIpc) is 3.06. The van der Waals surface area contributed by atoms with Gasteiger partial charge in [-0.3, -0.25) is 9.68 Å². The molecule has 0 aliphatic carbocycles. The minimum atomic E-state index is -0.0952. The van der Waals surface area contributed by atoms with Gasteiger partial charge in [0, 0.05) is 28.2 Å². The van der Waals surface area contributed by atoms with Gasteiger partial charge in [-0.05, 0) is 148 Å². The highest BCUT2D eigenvalue weighted by Crippen LogP contribution is 2.42. The van der Waals surface area contributed by atoms with Crippen molar-refractivity contribution < 1.29 is 24.3 Å². The predicted octanol–water partition coefficient (Wildman–Crippen LogP) is 10.4. The highest BCUT2D eigenvalue weighted by molar-refractivity contribution is 5.39. The van der Waals surface area contributed by atoms with Crippen molar-refractivity contribution in [2.24, 2.45) is 0 Å². The lowest BCUT2D eigenvalue weighted by Gasteiger charge is -2.52. The molecule has 0 spiro atoms. The van der Waals surface area contributed by atoms with Crippen molar-refractivity contribution in [1.82, 2.24) is 10.1 Å². The van der Waals surface area contributed by atoms with Gasteiger partial charge in [-0.2, -0.15) is 10.1 Å². The van der Waals surface area contributed by atoms with Crippen LogP contribution in [0.15, 0.2) is 66.7 Å². The van der Waals surface area contributed by atoms with Crippen LogP contribution in [-0.4, -0.2) is 37.4 Å². The first kappa shape index (κ1) is 38.3. The highest BCUT2D eigenvalue weighted by atomic mass is 16.7. The van der Waals surface area contributed by atoms with E-state index in [4.69, 9.17) is 19.1 Å². The lowest BCUT2D eigenvalue weighted by atomic mass is 9.82. The number of hydrogen-bond acceptors (Lipinski definition) is 7. The van der Waals surface area contributed by atoms with E-state index in [1.54, 1.807) is 0 Å². The van der Waals surface area contributed by atoms with E-state index in [1.165, 1.54) is 12.8 Å². The number of piperidine rings is 2. The van der Waals surface area contributed by atoms with Gasteiger partial charge in [0.25, 0.3) is 0 Å². The molecule has 2 fully saturated rings. The summed E-state index contributed by atoms with van der Waals surface area (Å²) < 4.78 is 12.4. The van der Waals surface area contributed by atoms with Crippen molar-refractivity contribution in [3.05, 3.63) is 94.5 Å². The summed E-state index contributed by atoms with van der Waals surface area (Å²) in [5.41, 5.74) is 5.11. The third-order valence-electron chi connectivity index (χ3n) is 10.7. The highest BCUT2D eigenvalue weighted by Gasteiger charge is 2.44. The largest absolute Gasteiger partial charge is 0.489 e. The Balaban J connectivity index is 1.15. The van der Waals surface area contributed by atoms with Gasteiger partial charge in [0.05, 0.1) is 6.61 Å². The Morgan fingerprint density at radius 1 is 0.540 bits per heavy atom.